The van der Waals surface area contributed by atoms with Crippen molar-refractivity contribution in [1.29, 1.82) is 0 Å². The van der Waals surface area contributed by atoms with Crippen LogP contribution >= 0.6 is 0 Å². The van der Waals surface area contributed by atoms with Crippen LogP contribution in [0.15, 0.2) is 42.5 Å². The first-order valence-corrected chi connectivity index (χ1v) is 14.0. The van der Waals surface area contributed by atoms with E-state index in [1.54, 1.807) is 6.07 Å². The van der Waals surface area contributed by atoms with E-state index in [4.69, 9.17) is 0 Å². The summed E-state index contributed by atoms with van der Waals surface area (Å²) in [5.41, 5.74) is 4.19. The molecule has 1 atom stereocenters. The van der Waals surface area contributed by atoms with Crippen molar-refractivity contribution in [2.75, 3.05) is 23.7 Å². The van der Waals surface area contributed by atoms with Gasteiger partial charge in [0.05, 0.1) is 11.9 Å². The Hall–Kier alpha value is -2.87. The molecule has 0 heterocycles. The van der Waals surface area contributed by atoms with Gasteiger partial charge in [0.15, 0.2) is 0 Å². The normalized spacial score (nSPS) is 12.2. The summed E-state index contributed by atoms with van der Waals surface area (Å²) in [6.07, 6.45) is 3.31. The third-order valence-electron chi connectivity index (χ3n) is 5.99. The van der Waals surface area contributed by atoms with E-state index in [1.807, 2.05) is 71.0 Å². The van der Waals surface area contributed by atoms with Crippen molar-refractivity contribution in [2.24, 2.45) is 0 Å². The molecule has 0 fully saturated rings. The first-order valence-electron chi connectivity index (χ1n) is 12.2. The number of hydrogen-bond donors (Lipinski definition) is 1. The summed E-state index contributed by atoms with van der Waals surface area (Å²) in [6.45, 7) is 10.0. The summed E-state index contributed by atoms with van der Waals surface area (Å²) in [4.78, 5) is 28.3. The molecule has 2 aromatic carbocycles. The standard InChI is InChI=1S/C27H39N3O4S/c1-7-9-16-28-27(32)24(8-2)29(18-23-13-10-20(3)11-14-23)26(31)19-30(35(6,33)34)25-15-12-21(4)17-22(25)5/h10-15,17,24H,7-9,16,18-19H2,1-6H3,(H,28,32)/t24-/m1/s1. The van der Waals surface area contributed by atoms with Crippen molar-refractivity contribution in [3.63, 3.8) is 0 Å². The minimum atomic E-state index is -3.75. The topological polar surface area (TPSA) is 86.8 Å². The molecule has 0 saturated heterocycles. The van der Waals surface area contributed by atoms with Crippen LogP contribution in [-0.2, 0) is 26.2 Å². The molecule has 8 heteroatoms. The zero-order valence-electron chi connectivity index (χ0n) is 21.8. The number of sulfonamides is 1. The van der Waals surface area contributed by atoms with Crippen LogP contribution < -0.4 is 9.62 Å². The van der Waals surface area contributed by atoms with Crippen LogP contribution in [0.2, 0.25) is 0 Å². The molecular formula is C27H39N3O4S. The van der Waals surface area contributed by atoms with Gasteiger partial charge in [0.25, 0.3) is 0 Å². The number of anilines is 1. The van der Waals surface area contributed by atoms with Crippen LogP contribution in [0.3, 0.4) is 0 Å². The lowest BCUT2D eigenvalue weighted by Gasteiger charge is -2.33. The molecule has 0 aliphatic rings. The fourth-order valence-electron chi connectivity index (χ4n) is 4.00. The number of nitrogens with zero attached hydrogens (tertiary/aromatic N) is 2. The van der Waals surface area contributed by atoms with Crippen molar-refractivity contribution < 1.29 is 18.0 Å². The van der Waals surface area contributed by atoms with Crippen LogP contribution in [0.25, 0.3) is 0 Å². The fraction of sp³-hybridized carbons (Fsp3) is 0.481. The molecule has 2 rings (SSSR count). The van der Waals surface area contributed by atoms with Crippen LogP contribution in [-0.4, -0.2) is 50.5 Å². The van der Waals surface area contributed by atoms with Gasteiger partial charge in [-0.15, -0.1) is 0 Å². The second-order valence-electron chi connectivity index (χ2n) is 9.14. The Morgan fingerprint density at radius 2 is 1.60 bits per heavy atom. The molecule has 0 spiro atoms. The molecule has 35 heavy (non-hydrogen) atoms. The second kappa shape index (κ2) is 12.7. The third-order valence-corrected chi connectivity index (χ3v) is 7.12. The predicted octanol–water partition coefficient (Wildman–Crippen LogP) is 4.10. The molecule has 7 nitrogen and oxygen atoms in total. The van der Waals surface area contributed by atoms with E-state index < -0.39 is 22.0 Å². The summed E-state index contributed by atoms with van der Waals surface area (Å²) in [6, 6.07) is 12.5. The minimum absolute atomic E-state index is 0.212. The van der Waals surface area contributed by atoms with E-state index in [9.17, 15) is 18.0 Å². The van der Waals surface area contributed by atoms with Gasteiger partial charge in [-0.25, -0.2) is 8.42 Å². The van der Waals surface area contributed by atoms with E-state index in [2.05, 4.69) is 5.32 Å². The molecule has 1 N–H and O–H groups in total. The second-order valence-corrected chi connectivity index (χ2v) is 11.0. The summed E-state index contributed by atoms with van der Waals surface area (Å²) < 4.78 is 26.6. The molecule has 2 aromatic rings. The average Bonchev–Trinajstić information content (AvgIpc) is 2.78. The number of carbonyl (C=O) groups excluding carboxylic acids is 2. The first-order chi connectivity index (χ1) is 16.5. The lowest BCUT2D eigenvalue weighted by molar-refractivity contribution is -0.140. The van der Waals surface area contributed by atoms with E-state index in [0.717, 1.165) is 45.7 Å². The van der Waals surface area contributed by atoms with Gasteiger partial charge in [0.2, 0.25) is 21.8 Å². The Morgan fingerprint density at radius 1 is 0.971 bits per heavy atom. The molecule has 2 amide bonds. The van der Waals surface area contributed by atoms with Crippen molar-refractivity contribution in [3.8, 4) is 0 Å². The van der Waals surface area contributed by atoms with Crippen LogP contribution in [0, 0.1) is 20.8 Å². The number of nitrogens with one attached hydrogen (secondary N) is 1. The zero-order chi connectivity index (χ0) is 26.2. The highest BCUT2D eigenvalue weighted by Crippen LogP contribution is 2.24. The number of unbranched alkanes of at least 4 members (excludes halogenated alkanes) is 1. The van der Waals surface area contributed by atoms with Crippen LogP contribution in [0.5, 0.6) is 0 Å². The number of aryl methyl sites for hydroxylation is 3. The average molecular weight is 502 g/mol. The molecular weight excluding hydrogens is 462 g/mol. The number of hydrogen-bond acceptors (Lipinski definition) is 4. The lowest BCUT2D eigenvalue weighted by Crippen LogP contribution is -2.52. The SMILES string of the molecule is CCCCNC(=O)[C@@H](CC)N(Cc1ccc(C)cc1)C(=O)CN(c1ccc(C)cc1C)S(C)(=O)=O. The van der Waals surface area contributed by atoms with Crippen LogP contribution in [0.4, 0.5) is 5.69 Å². The first kappa shape index (κ1) is 28.4. The summed E-state index contributed by atoms with van der Waals surface area (Å²) in [5, 5.41) is 2.93. The third kappa shape index (κ3) is 8.09. The maximum absolute atomic E-state index is 13.7. The lowest BCUT2D eigenvalue weighted by atomic mass is 10.1. The summed E-state index contributed by atoms with van der Waals surface area (Å²) in [5.74, 6) is -0.646. The highest BCUT2D eigenvalue weighted by atomic mass is 32.2. The van der Waals surface area contributed by atoms with Gasteiger partial charge in [0, 0.05) is 13.1 Å². The Kier molecular flexibility index (Phi) is 10.3. The Labute approximate surface area is 210 Å². The molecule has 0 aromatic heterocycles. The molecule has 0 aliphatic carbocycles. The summed E-state index contributed by atoms with van der Waals surface area (Å²) >= 11 is 0. The van der Waals surface area contributed by atoms with Crippen molar-refractivity contribution >= 4 is 27.5 Å². The molecule has 192 valence electrons. The Morgan fingerprint density at radius 3 is 2.14 bits per heavy atom. The Balaban J connectivity index is 2.42. The van der Waals surface area contributed by atoms with Gasteiger partial charge in [-0.3, -0.25) is 13.9 Å². The smallest absolute Gasteiger partial charge is 0.244 e. The van der Waals surface area contributed by atoms with Gasteiger partial charge < -0.3 is 10.2 Å². The van der Waals surface area contributed by atoms with Crippen molar-refractivity contribution in [3.05, 3.63) is 64.7 Å². The molecule has 0 radical (unpaired) electrons. The molecule has 0 bridgehead atoms. The maximum atomic E-state index is 13.7. The van der Waals surface area contributed by atoms with Gasteiger partial charge in [-0.05, 0) is 50.8 Å². The van der Waals surface area contributed by atoms with Gasteiger partial charge >= 0.3 is 0 Å². The van der Waals surface area contributed by atoms with Gasteiger partial charge in [-0.2, -0.15) is 0 Å². The maximum Gasteiger partial charge on any atom is 0.244 e. The van der Waals surface area contributed by atoms with Crippen molar-refractivity contribution in [1.82, 2.24) is 10.2 Å². The highest BCUT2D eigenvalue weighted by molar-refractivity contribution is 7.92. The monoisotopic (exact) mass is 501 g/mol. The van der Waals surface area contributed by atoms with E-state index in [1.165, 1.54) is 4.90 Å². The predicted molar refractivity (Wildman–Crippen MR) is 142 cm³/mol. The highest BCUT2D eigenvalue weighted by Gasteiger charge is 2.32. The summed E-state index contributed by atoms with van der Waals surface area (Å²) in [7, 11) is -3.75. The fourth-order valence-corrected chi connectivity index (χ4v) is 4.90. The zero-order valence-corrected chi connectivity index (χ0v) is 22.6. The number of benzene rings is 2. The minimum Gasteiger partial charge on any atom is -0.354 e. The molecule has 0 saturated carbocycles. The number of rotatable bonds is 12. The van der Waals surface area contributed by atoms with Crippen molar-refractivity contribution in [2.45, 2.75) is 66.5 Å². The molecule has 0 unspecified atom stereocenters. The van der Waals surface area contributed by atoms with Gasteiger partial charge in [-0.1, -0.05) is 67.8 Å². The van der Waals surface area contributed by atoms with E-state index >= 15 is 0 Å². The van der Waals surface area contributed by atoms with E-state index in [0.29, 0.717) is 18.7 Å². The van der Waals surface area contributed by atoms with E-state index in [-0.39, 0.29) is 19.0 Å². The largest absolute Gasteiger partial charge is 0.354 e. The number of amides is 2. The molecule has 0 aliphatic heterocycles. The van der Waals surface area contributed by atoms with Gasteiger partial charge in [0.1, 0.15) is 12.6 Å². The van der Waals surface area contributed by atoms with Crippen LogP contribution in [0.1, 0.15) is 55.4 Å². The quantitative estimate of drug-likeness (QED) is 0.444. The number of carbonyl (C=O) groups is 2. The Bertz CT molecular complexity index is 1110.